The fraction of sp³-hybridized carbons (Fsp3) is 0.421. The summed E-state index contributed by atoms with van der Waals surface area (Å²) in [5, 5.41) is 26.9. The lowest BCUT2D eigenvalue weighted by Crippen LogP contribution is -2.39. The number of nitrogens with zero attached hydrogens (tertiary/aromatic N) is 3. The van der Waals surface area contributed by atoms with Crippen molar-refractivity contribution in [3.05, 3.63) is 48.3 Å². The number of aromatic nitrogens is 2. The number of hydrogen-bond donors (Lipinski definition) is 2. The van der Waals surface area contributed by atoms with Gasteiger partial charge in [0.1, 0.15) is 6.04 Å². The average Bonchev–Trinajstić information content (AvgIpc) is 3.10. The summed E-state index contributed by atoms with van der Waals surface area (Å²) in [5.74, 6) is -0.302. The number of hydrogen-bond acceptors (Lipinski definition) is 4. The van der Waals surface area contributed by atoms with Crippen molar-refractivity contribution in [1.29, 1.82) is 5.26 Å². The fourth-order valence-electron chi connectivity index (χ4n) is 3.30. The predicted octanol–water partition coefficient (Wildman–Crippen LogP) is 2.64. The summed E-state index contributed by atoms with van der Waals surface area (Å²) < 4.78 is 1.67. The second kappa shape index (κ2) is 7.49. The molecule has 2 N–H and O–H groups in total. The molecule has 0 saturated heterocycles. The third-order valence-electron chi connectivity index (χ3n) is 4.66. The molecule has 1 heterocycles. The number of para-hydroxylation sites is 1. The van der Waals surface area contributed by atoms with Gasteiger partial charge in [-0.05, 0) is 25.0 Å². The van der Waals surface area contributed by atoms with Gasteiger partial charge < -0.3 is 10.4 Å². The molecule has 0 spiro atoms. The SMILES string of the molecule is N#C[C@H](NC(=O)CC1(O)CCCCC1)c1cnn(-c2ccccc2)c1. The second-order valence-corrected chi connectivity index (χ2v) is 6.65. The summed E-state index contributed by atoms with van der Waals surface area (Å²) in [6.07, 6.45) is 7.62. The largest absolute Gasteiger partial charge is 0.389 e. The Morgan fingerprint density at radius 1 is 1.32 bits per heavy atom. The van der Waals surface area contributed by atoms with Gasteiger partial charge in [-0.2, -0.15) is 10.4 Å². The molecule has 25 heavy (non-hydrogen) atoms. The molecule has 1 fully saturated rings. The van der Waals surface area contributed by atoms with Gasteiger partial charge in [0.15, 0.2) is 0 Å². The number of carbonyl (C=O) groups is 1. The average molecular weight is 338 g/mol. The maximum atomic E-state index is 12.3. The quantitative estimate of drug-likeness (QED) is 0.877. The van der Waals surface area contributed by atoms with E-state index in [1.165, 1.54) is 0 Å². The van der Waals surface area contributed by atoms with E-state index in [1.54, 1.807) is 17.1 Å². The van der Waals surface area contributed by atoms with Crippen LogP contribution < -0.4 is 5.32 Å². The molecule has 130 valence electrons. The third-order valence-corrected chi connectivity index (χ3v) is 4.66. The summed E-state index contributed by atoms with van der Waals surface area (Å²) >= 11 is 0. The molecule has 2 aromatic rings. The van der Waals surface area contributed by atoms with Gasteiger partial charge in [0.05, 0.1) is 30.0 Å². The van der Waals surface area contributed by atoms with Crippen LogP contribution in [0.1, 0.15) is 50.1 Å². The zero-order valence-electron chi connectivity index (χ0n) is 14.1. The van der Waals surface area contributed by atoms with E-state index in [4.69, 9.17) is 0 Å². The highest BCUT2D eigenvalue weighted by Crippen LogP contribution is 2.31. The van der Waals surface area contributed by atoms with E-state index in [2.05, 4.69) is 16.5 Å². The first kappa shape index (κ1) is 17.2. The van der Waals surface area contributed by atoms with E-state index in [1.807, 2.05) is 30.3 Å². The molecule has 0 radical (unpaired) electrons. The maximum absolute atomic E-state index is 12.3. The maximum Gasteiger partial charge on any atom is 0.224 e. The minimum atomic E-state index is -0.934. The van der Waals surface area contributed by atoms with E-state index in [9.17, 15) is 15.2 Å². The standard InChI is InChI=1S/C19H22N4O2/c20-12-17(22-18(24)11-19(25)9-5-2-6-10-19)15-13-21-23(14-15)16-7-3-1-4-8-16/h1,3-4,7-8,13-14,17,25H,2,5-6,9-11H2,(H,22,24)/t17-/m0/s1. The molecule has 0 aliphatic heterocycles. The predicted molar refractivity (Wildman–Crippen MR) is 92.7 cm³/mol. The summed E-state index contributed by atoms with van der Waals surface area (Å²) in [6.45, 7) is 0. The first-order valence-electron chi connectivity index (χ1n) is 8.61. The molecular formula is C19H22N4O2. The van der Waals surface area contributed by atoms with Crippen molar-refractivity contribution >= 4 is 5.91 Å². The fourth-order valence-corrected chi connectivity index (χ4v) is 3.30. The molecular weight excluding hydrogens is 316 g/mol. The number of nitrogens with one attached hydrogen (secondary N) is 1. The van der Waals surface area contributed by atoms with Crippen LogP contribution >= 0.6 is 0 Å². The van der Waals surface area contributed by atoms with Crippen molar-refractivity contribution < 1.29 is 9.90 Å². The Hall–Kier alpha value is -2.65. The number of rotatable bonds is 5. The molecule has 1 aromatic heterocycles. The second-order valence-electron chi connectivity index (χ2n) is 6.65. The highest BCUT2D eigenvalue weighted by Gasteiger charge is 2.32. The summed E-state index contributed by atoms with van der Waals surface area (Å²) in [7, 11) is 0. The number of aliphatic hydroxyl groups is 1. The monoisotopic (exact) mass is 338 g/mol. The molecule has 3 rings (SSSR count). The van der Waals surface area contributed by atoms with Gasteiger partial charge >= 0.3 is 0 Å². The van der Waals surface area contributed by atoms with Crippen LogP contribution in [0.3, 0.4) is 0 Å². The number of nitriles is 1. The first-order valence-corrected chi connectivity index (χ1v) is 8.61. The molecule has 6 heteroatoms. The Balaban J connectivity index is 1.66. The minimum absolute atomic E-state index is 0.0397. The lowest BCUT2D eigenvalue weighted by atomic mass is 9.82. The molecule has 1 aromatic carbocycles. The van der Waals surface area contributed by atoms with Crippen LogP contribution in [-0.2, 0) is 4.79 Å². The zero-order valence-corrected chi connectivity index (χ0v) is 14.1. The number of benzene rings is 1. The van der Waals surface area contributed by atoms with Crippen molar-refractivity contribution in [2.24, 2.45) is 0 Å². The van der Waals surface area contributed by atoms with E-state index in [0.717, 1.165) is 24.9 Å². The summed E-state index contributed by atoms with van der Waals surface area (Å²) in [5.41, 5.74) is 0.569. The summed E-state index contributed by atoms with van der Waals surface area (Å²) in [4.78, 5) is 12.3. The Morgan fingerprint density at radius 2 is 2.04 bits per heavy atom. The van der Waals surface area contributed by atoms with Crippen molar-refractivity contribution in [3.8, 4) is 11.8 Å². The van der Waals surface area contributed by atoms with Gasteiger partial charge in [-0.15, -0.1) is 0 Å². The van der Waals surface area contributed by atoms with Crippen molar-refractivity contribution in [2.75, 3.05) is 0 Å². The number of amides is 1. The van der Waals surface area contributed by atoms with Crippen LogP contribution in [0.5, 0.6) is 0 Å². The lowest BCUT2D eigenvalue weighted by Gasteiger charge is -2.31. The molecule has 0 bridgehead atoms. The van der Waals surface area contributed by atoms with Crippen LogP contribution in [-0.4, -0.2) is 26.4 Å². The minimum Gasteiger partial charge on any atom is -0.389 e. The normalized spacial score (nSPS) is 17.4. The molecule has 1 amide bonds. The van der Waals surface area contributed by atoms with Crippen molar-refractivity contribution in [3.63, 3.8) is 0 Å². The van der Waals surface area contributed by atoms with E-state index in [-0.39, 0.29) is 12.3 Å². The molecule has 1 atom stereocenters. The smallest absolute Gasteiger partial charge is 0.224 e. The Morgan fingerprint density at radius 3 is 2.72 bits per heavy atom. The van der Waals surface area contributed by atoms with Crippen LogP contribution in [0, 0.1) is 11.3 Å². The van der Waals surface area contributed by atoms with Crippen molar-refractivity contribution in [2.45, 2.75) is 50.2 Å². The lowest BCUT2D eigenvalue weighted by molar-refractivity contribution is -0.127. The zero-order chi connectivity index (χ0) is 17.7. The number of carbonyl (C=O) groups excluding carboxylic acids is 1. The van der Waals surface area contributed by atoms with Gasteiger partial charge in [0, 0.05) is 11.8 Å². The van der Waals surface area contributed by atoms with Gasteiger partial charge in [0.2, 0.25) is 5.91 Å². The van der Waals surface area contributed by atoms with Gasteiger partial charge in [-0.25, -0.2) is 4.68 Å². The highest BCUT2D eigenvalue weighted by molar-refractivity contribution is 5.78. The highest BCUT2D eigenvalue weighted by atomic mass is 16.3. The molecule has 0 unspecified atom stereocenters. The Labute approximate surface area is 147 Å². The Kier molecular flexibility index (Phi) is 5.15. The topological polar surface area (TPSA) is 90.9 Å². The molecule has 1 aliphatic carbocycles. The van der Waals surface area contributed by atoms with Gasteiger partial charge in [-0.3, -0.25) is 4.79 Å². The Bertz CT molecular complexity index is 757. The van der Waals surface area contributed by atoms with E-state index >= 15 is 0 Å². The third kappa shape index (κ3) is 4.25. The molecule has 1 aliphatic rings. The van der Waals surface area contributed by atoms with E-state index < -0.39 is 11.6 Å². The molecule has 1 saturated carbocycles. The first-order chi connectivity index (χ1) is 12.1. The van der Waals surface area contributed by atoms with Crippen LogP contribution in [0.15, 0.2) is 42.7 Å². The van der Waals surface area contributed by atoms with Crippen LogP contribution in [0.25, 0.3) is 5.69 Å². The van der Waals surface area contributed by atoms with Crippen molar-refractivity contribution in [1.82, 2.24) is 15.1 Å². The van der Waals surface area contributed by atoms with Crippen LogP contribution in [0.2, 0.25) is 0 Å². The van der Waals surface area contributed by atoms with Crippen LogP contribution in [0.4, 0.5) is 0 Å². The summed E-state index contributed by atoms with van der Waals surface area (Å²) in [6, 6.07) is 10.9. The molecule has 6 nitrogen and oxygen atoms in total. The van der Waals surface area contributed by atoms with E-state index in [0.29, 0.717) is 18.4 Å². The van der Waals surface area contributed by atoms with Gasteiger partial charge in [0.25, 0.3) is 0 Å². The van der Waals surface area contributed by atoms with Gasteiger partial charge in [-0.1, -0.05) is 37.5 Å².